The van der Waals surface area contributed by atoms with Gasteiger partial charge in [-0.3, -0.25) is 0 Å². The zero-order valence-electron chi connectivity index (χ0n) is 9.22. The summed E-state index contributed by atoms with van der Waals surface area (Å²) in [5, 5.41) is 0. The van der Waals surface area contributed by atoms with Crippen LogP contribution >= 0.6 is 0 Å². The number of hydrogen-bond acceptors (Lipinski definition) is 2. The van der Waals surface area contributed by atoms with Gasteiger partial charge in [0.15, 0.2) is 0 Å². The van der Waals surface area contributed by atoms with E-state index < -0.39 is 0 Å². The average molecular weight is 203 g/mol. The molecule has 3 heteroatoms. The summed E-state index contributed by atoms with van der Waals surface area (Å²) in [7, 11) is 0. The Morgan fingerprint density at radius 1 is 1.40 bits per heavy atom. The molecule has 0 aliphatic carbocycles. The molecule has 1 unspecified atom stereocenters. The van der Waals surface area contributed by atoms with Crippen LogP contribution in [0.1, 0.15) is 25.6 Å². The minimum absolute atomic E-state index is 0.329. The van der Waals surface area contributed by atoms with E-state index in [0.29, 0.717) is 18.4 Å². The highest BCUT2D eigenvalue weighted by molar-refractivity contribution is 5.46. The Kier molecular flexibility index (Phi) is 2.73. The molecule has 0 amide bonds. The molecule has 0 bridgehead atoms. The number of fused-ring (bicyclic) bond motifs is 1. The van der Waals surface area contributed by atoms with Gasteiger partial charge in [0.1, 0.15) is 5.82 Å². The highest BCUT2D eigenvalue weighted by atomic mass is 15.0. The molecule has 80 valence electrons. The lowest BCUT2D eigenvalue weighted by atomic mass is 9.95. The summed E-state index contributed by atoms with van der Waals surface area (Å²) in [5.41, 5.74) is 6.93. The van der Waals surface area contributed by atoms with Gasteiger partial charge in [-0.2, -0.15) is 0 Å². The molecule has 3 nitrogen and oxygen atoms in total. The van der Waals surface area contributed by atoms with E-state index in [1.54, 1.807) is 0 Å². The summed E-state index contributed by atoms with van der Waals surface area (Å²) in [6, 6.07) is 6.10. The summed E-state index contributed by atoms with van der Waals surface area (Å²) in [4.78, 5) is 4.47. The van der Waals surface area contributed by atoms with Crippen LogP contribution in [-0.4, -0.2) is 15.9 Å². The fraction of sp³-hybridized carbons (Fsp3) is 0.417. The van der Waals surface area contributed by atoms with E-state index in [4.69, 9.17) is 5.73 Å². The molecule has 2 aromatic heterocycles. The molecule has 2 N–H and O–H groups in total. The smallest absolute Gasteiger partial charge is 0.117 e. The van der Waals surface area contributed by atoms with Gasteiger partial charge in [-0.05, 0) is 18.1 Å². The highest BCUT2D eigenvalue weighted by Crippen LogP contribution is 2.22. The lowest BCUT2D eigenvalue weighted by Crippen LogP contribution is -2.20. The molecule has 0 aliphatic rings. The van der Waals surface area contributed by atoms with Crippen molar-refractivity contribution in [3.8, 4) is 0 Å². The lowest BCUT2D eigenvalue weighted by molar-refractivity contribution is 0.482. The molecule has 0 radical (unpaired) electrons. The quantitative estimate of drug-likeness (QED) is 0.829. The monoisotopic (exact) mass is 203 g/mol. The molecule has 2 aromatic rings. The number of nitrogens with two attached hydrogens (primary N) is 1. The Hall–Kier alpha value is -1.35. The molecule has 0 spiro atoms. The van der Waals surface area contributed by atoms with Gasteiger partial charge < -0.3 is 10.1 Å². The van der Waals surface area contributed by atoms with E-state index in [1.165, 1.54) is 0 Å². The maximum atomic E-state index is 5.80. The topological polar surface area (TPSA) is 43.3 Å². The van der Waals surface area contributed by atoms with Crippen LogP contribution < -0.4 is 5.73 Å². The van der Waals surface area contributed by atoms with Gasteiger partial charge in [0, 0.05) is 18.7 Å². The molecule has 2 heterocycles. The third-order valence-electron chi connectivity index (χ3n) is 2.86. The van der Waals surface area contributed by atoms with Gasteiger partial charge in [-0.15, -0.1) is 0 Å². The SMILES string of the molecule is CC(C)C(CN)c1ncc2ccccn12. The van der Waals surface area contributed by atoms with E-state index in [9.17, 15) is 0 Å². The van der Waals surface area contributed by atoms with Crippen molar-refractivity contribution in [3.05, 3.63) is 36.4 Å². The van der Waals surface area contributed by atoms with E-state index in [-0.39, 0.29) is 0 Å². The maximum Gasteiger partial charge on any atom is 0.117 e. The second-order valence-corrected chi connectivity index (χ2v) is 4.20. The van der Waals surface area contributed by atoms with Crippen LogP contribution in [0.4, 0.5) is 0 Å². The van der Waals surface area contributed by atoms with E-state index in [2.05, 4.69) is 29.3 Å². The summed E-state index contributed by atoms with van der Waals surface area (Å²) in [5.74, 6) is 1.92. The molecule has 0 saturated heterocycles. The maximum absolute atomic E-state index is 5.80. The van der Waals surface area contributed by atoms with Crippen molar-refractivity contribution in [1.82, 2.24) is 9.38 Å². The highest BCUT2D eigenvalue weighted by Gasteiger charge is 2.18. The molecule has 0 aromatic carbocycles. The normalized spacial score (nSPS) is 13.6. The first-order valence-corrected chi connectivity index (χ1v) is 5.36. The number of rotatable bonds is 3. The number of hydrogen-bond donors (Lipinski definition) is 1. The summed E-state index contributed by atoms with van der Waals surface area (Å²) >= 11 is 0. The fourth-order valence-electron chi connectivity index (χ4n) is 1.91. The first kappa shape index (κ1) is 10.2. The van der Waals surface area contributed by atoms with Gasteiger partial charge in [-0.1, -0.05) is 19.9 Å². The minimum atomic E-state index is 0.329. The molecule has 15 heavy (non-hydrogen) atoms. The molecule has 1 atom stereocenters. The van der Waals surface area contributed by atoms with Gasteiger partial charge >= 0.3 is 0 Å². The number of imidazole rings is 1. The van der Waals surface area contributed by atoms with Gasteiger partial charge in [0.05, 0.1) is 11.7 Å². The largest absolute Gasteiger partial charge is 0.330 e. The fourth-order valence-corrected chi connectivity index (χ4v) is 1.91. The van der Waals surface area contributed by atoms with Crippen molar-refractivity contribution in [3.63, 3.8) is 0 Å². The van der Waals surface area contributed by atoms with Crippen molar-refractivity contribution in [1.29, 1.82) is 0 Å². The Bertz CT molecular complexity index is 445. The van der Waals surface area contributed by atoms with Gasteiger partial charge in [0.25, 0.3) is 0 Å². The first-order valence-electron chi connectivity index (χ1n) is 5.36. The average Bonchev–Trinajstić information content (AvgIpc) is 2.63. The predicted octanol–water partition coefficient (Wildman–Crippen LogP) is 2.03. The van der Waals surface area contributed by atoms with Crippen LogP contribution in [0.3, 0.4) is 0 Å². The molecule has 0 aliphatic heterocycles. The van der Waals surface area contributed by atoms with Gasteiger partial charge in [0.2, 0.25) is 0 Å². The molecule has 2 rings (SSSR count). The third-order valence-corrected chi connectivity index (χ3v) is 2.86. The number of pyridine rings is 1. The summed E-state index contributed by atoms with van der Waals surface area (Å²) < 4.78 is 2.12. The van der Waals surface area contributed by atoms with Crippen LogP contribution in [-0.2, 0) is 0 Å². The van der Waals surface area contributed by atoms with E-state index in [0.717, 1.165) is 11.3 Å². The molecular weight excluding hydrogens is 186 g/mol. The second kappa shape index (κ2) is 4.03. The van der Waals surface area contributed by atoms with Crippen LogP contribution in [0, 0.1) is 5.92 Å². The van der Waals surface area contributed by atoms with Crippen LogP contribution in [0.5, 0.6) is 0 Å². The van der Waals surface area contributed by atoms with Crippen molar-refractivity contribution >= 4 is 5.52 Å². The third kappa shape index (κ3) is 1.75. The standard InChI is InChI=1S/C12H17N3/c1-9(2)11(7-13)12-14-8-10-5-3-4-6-15(10)12/h3-6,8-9,11H,7,13H2,1-2H3. The zero-order valence-corrected chi connectivity index (χ0v) is 9.22. The number of nitrogens with zero attached hydrogens (tertiary/aromatic N) is 2. The van der Waals surface area contributed by atoms with Crippen LogP contribution in [0.2, 0.25) is 0 Å². The summed E-state index contributed by atoms with van der Waals surface area (Å²) in [6.45, 7) is 5.01. The molecule has 0 saturated carbocycles. The summed E-state index contributed by atoms with van der Waals surface area (Å²) in [6.07, 6.45) is 3.95. The minimum Gasteiger partial charge on any atom is -0.330 e. The van der Waals surface area contributed by atoms with Crippen molar-refractivity contribution < 1.29 is 0 Å². The zero-order chi connectivity index (χ0) is 10.8. The Morgan fingerprint density at radius 2 is 2.20 bits per heavy atom. The van der Waals surface area contributed by atoms with Gasteiger partial charge in [-0.25, -0.2) is 4.98 Å². The Balaban J connectivity index is 2.51. The lowest BCUT2D eigenvalue weighted by Gasteiger charge is -2.17. The predicted molar refractivity (Wildman–Crippen MR) is 61.8 cm³/mol. The first-order chi connectivity index (χ1) is 7.24. The second-order valence-electron chi connectivity index (χ2n) is 4.20. The van der Waals surface area contributed by atoms with Crippen LogP contribution in [0.15, 0.2) is 30.6 Å². The van der Waals surface area contributed by atoms with E-state index in [1.807, 2.05) is 24.5 Å². The molecule has 0 fully saturated rings. The van der Waals surface area contributed by atoms with Crippen LogP contribution in [0.25, 0.3) is 5.52 Å². The van der Waals surface area contributed by atoms with Crippen molar-refractivity contribution in [2.75, 3.05) is 6.54 Å². The Morgan fingerprint density at radius 3 is 2.87 bits per heavy atom. The van der Waals surface area contributed by atoms with Crippen molar-refractivity contribution in [2.45, 2.75) is 19.8 Å². The Labute approximate surface area is 89.9 Å². The molecular formula is C12H17N3. The van der Waals surface area contributed by atoms with Crippen molar-refractivity contribution in [2.24, 2.45) is 11.7 Å². The number of aromatic nitrogens is 2. The van der Waals surface area contributed by atoms with E-state index >= 15 is 0 Å².